The molecule has 1 aliphatic heterocycles. The molecule has 0 unspecified atom stereocenters. The van der Waals surface area contributed by atoms with Crippen molar-refractivity contribution < 1.29 is 45.9 Å². The number of nitrogens with zero attached hydrogens (tertiary/aromatic N) is 1. The number of carbonyl (C=O) groups excluding carboxylic acids is 2. The summed E-state index contributed by atoms with van der Waals surface area (Å²) in [6, 6.07) is 6.97. The molecule has 156 valence electrons. The summed E-state index contributed by atoms with van der Waals surface area (Å²) in [7, 11) is 1.33. The zero-order valence-electron chi connectivity index (χ0n) is 16.6. The van der Waals surface area contributed by atoms with Crippen molar-refractivity contribution >= 4 is 11.9 Å². The summed E-state index contributed by atoms with van der Waals surface area (Å²) < 4.78 is 4.75. The highest BCUT2D eigenvalue weighted by atomic mass is 79.9. The van der Waals surface area contributed by atoms with Crippen LogP contribution in [-0.2, 0) is 19.2 Å². The number of quaternary nitrogens is 1. The fourth-order valence-corrected chi connectivity index (χ4v) is 4.52. The number of benzene rings is 1. The van der Waals surface area contributed by atoms with Gasteiger partial charge in [0.15, 0.2) is 6.10 Å². The standard InChI is InChI=1S/C21H30NO5.BrH/c1-15(20(24)26-2)22(13-7-8-14-22)27-21(25)19(23)18-12-6-5-11-17(18)16-9-3-4-10-16;/h5-6,11-12,15-16,19,23H,3-4,7-10,13-14H2,1-2H3;1H/q+1;/p-1/t15-,19+;/m0./s1. The molecule has 1 saturated carbocycles. The minimum atomic E-state index is -1.35. The van der Waals surface area contributed by atoms with Gasteiger partial charge in [-0.05, 0) is 29.9 Å². The Kier molecular flexibility index (Phi) is 8.04. The lowest BCUT2D eigenvalue weighted by Gasteiger charge is -2.34. The molecule has 28 heavy (non-hydrogen) atoms. The number of likely N-dealkylation sites (tertiary alicyclic amines) is 1. The molecule has 0 amide bonds. The first-order chi connectivity index (χ1) is 13.0. The molecule has 0 radical (unpaired) electrons. The van der Waals surface area contributed by atoms with Gasteiger partial charge in [0.1, 0.15) is 13.1 Å². The highest BCUT2D eigenvalue weighted by molar-refractivity contribution is 5.77. The number of carbonyl (C=O) groups is 2. The van der Waals surface area contributed by atoms with Gasteiger partial charge in [0, 0.05) is 19.8 Å². The van der Waals surface area contributed by atoms with Crippen molar-refractivity contribution in [3.05, 3.63) is 35.4 Å². The average molecular weight is 456 g/mol. The summed E-state index contributed by atoms with van der Waals surface area (Å²) >= 11 is 0. The second kappa shape index (κ2) is 9.85. The van der Waals surface area contributed by atoms with Gasteiger partial charge in [0.25, 0.3) is 0 Å². The van der Waals surface area contributed by atoms with Gasteiger partial charge < -0.3 is 26.8 Å². The van der Waals surface area contributed by atoms with Crippen LogP contribution in [0, 0.1) is 0 Å². The highest BCUT2D eigenvalue weighted by Crippen LogP contribution is 2.38. The molecule has 3 rings (SSSR count). The van der Waals surface area contributed by atoms with Crippen LogP contribution in [0.2, 0.25) is 0 Å². The predicted octanol–water partition coefficient (Wildman–Crippen LogP) is 0.0119. The maximum atomic E-state index is 12.8. The third kappa shape index (κ3) is 4.58. The van der Waals surface area contributed by atoms with Crippen LogP contribution in [0.5, 0.6) is 0 Å². The monoisotopic (exact) mass is 455 g/mol. The lowest BCUT2D eigenvalue weighted by Crippen LogP contribution is -3.00. The van der Waals surface area contributed by atoms with E-state index in [0.717, 1.165) is 31.2 Å². The van der Waals surface area contributed by atoms with Crippen molar-refractivity contribution in [1.29, 1.82) is 0 Å². The number of hydrogen-bond acceptors (Lipinski definition) is 5. The van der Waals surface area contributed by atoms with E-state index < -0.39 is 24.1 Å². The number of halogens is 1. The van der Waals surface area contributed by atoms with Crippen LogP contribution in [0.4, 0.5) is 0 Å². The third-order valence-electron chi connectivity index (χ3n) is 6.15. The fourth-order valence-electron chi connectivity index (χ4n) is 4.52. The van der Waals surface area contributed by atoms with Crippen LogP contribution in [0.15, 0.2) is 24.3 Å². The van der Waals surface area contributed by atoms with E-state index in [-0.39, 0.29) is 21.6 Å². The van der Waals surface area contributed by atoms with Gasteiger partial charge in [-0.3, -0.25) is 4.84 Å². The molecule has 0 bridgehead atoms. The van der Waals surface area contributed by atoms with E-state index in [0.29, 0.717) is 24.6 Å². The SMILES string of the molecule is COC(=O)[C@H](C)[N+]1(OC(=O)[C@H](O)c2ccccc2C2CCCC2)CCCC1.[Br-]. The number of methoxy groups -OCH3 is 1. The molecule has 2 atom stereocenters. The Morgan fingerprint density at radius 1 is 1.07 bits per heavy atom. The van der Waals surface area contributed by atoms with Crippen molar-refractivity contribution in [2.24, 2.45) is 0 Å². The van der Waals surface area contributed by atoms with E-state index in [1.54, 1.807) is 13.0 Å². The first-order valence-corrected chi connectivity index (χ1v) is 9.93. The van der Waals surface area contributed by atoms with Crippen molar-refractivity contribution in [3.63, 3.8) is 0 Å². The normalized spacial score (nSPS) is 20.8. The van der Waals surface area contributed by atoms with Crippen LogP contribution in [0.1, 0.15) is 68.6 Å². The summed E-state index contributed by atoms with van der Waals surface area (Å²) in [5, 5.41) is 10.8. The molecule has 1 aromatic rings. The maximum Gasteiger partial charge on any atom is 0.399 e. The third-order valence-corrected chi connectivity index (χ3v) is 6.15. The van der Waals surface area contributed by atoms with Crippen LogP contribution in [0.25, 0.3) is 0 Å². The number of rotatable bonds is 6. The van der Waals surface area contributed by atoms with Gasteiger partial charge in [-0.15, -0.1) is 4.65 Å². The Hall–Kier alpha value is -1.44. The molecular formula is C21H30BrNO5. The second-order valence-corrected chi connectivity index (χ2v) is 7.73. The summed E-state index contributed by atoms with van der Waals surface area (Å²) in [4.78, 5) is 30.7. The first-order valence-electron chi connectivity index (χ1n) is 9.93. The van der Waals surface area contributed by atoms with Gasteiger partial charge in [0.2, 0.25) is 6.04 Å². The molecule has 1 N–H and O–H groups in total. The van der Waals surface area contributed by atoms with Crippen LogP contribution >= 0.6 is 0 Å². The molecule has 1 aromatic carbocycles. The van der Waals surface area contributed by atoms with Crippen molar-refractivity contribution in [2.75, 3.05) is 20.2 Å². The van der Waals surface area contributed by atoms with Gasteiger partial charge in [-0.25, -0.2) is 9.59 Å². The first kappa shape index (κ1) is 22.8. The zero-order valence-corrected chi connectivity index (χ0v) is 18.2. The Bertz CT molecular complexity index is 683. The van der Waals surface area contributed by atoms with Crippen molar-refractivity contribution in [3.8, 4) is 0 Å². The van der Waals surface area contributed by atoms with Crippen LogP contribution < -0.4 is 17.0 Å². The molecule has 2 aliphatic rings. The Morgan fingerprint density at radius 3 is 2.29 bits per heavy atom. The van der Waals surface area contributed by atoms with Crippen LogP contribution in [-0.4, -0.2) is 47.9 Å². The number of aliphatic hydroxyl groups excluding tert-OH is 1. The molecule has 0 aromatic heterocycles. The number of ether oxygens (including phenoxy) is 1. The number of hydroxylamine groups is 3. The molecule has 2 fully saturated rings. The largest absolute Gasteiger partial charge is 1.00 e. The molecule has 1 heterocycles. The van der Waals surface area contributed by atoms with Gasteiger partial charge in [-0.1, -0.05) is 37.1 Å². The minimum absolute atomic E-state index is 0. The lowest BCUT2D eigenvalue weighted by atomic mass is 9.90. The average Bonchev–Trinajstić information content (AvgIpc) is 3.39. The number of hydrogen-bond donors (Lipinski definition) is 1. The minimum Gasteiger partial charge on any atom is -1.00 e. The molecule has 1 saturated heterocycles. The van der Waals surface area contributed by atoms with Crippen molar-refractivity contribution in [2.45, 2.75) is 63.5 Å². The highest BCUT2D eigenvalue weighted by Gasteiger charge is 2.48. The summed E-state index contributed by atoms with van der Waals surface area (Å²) in [6.07, 6.45) is 4.90. The Balaban J connectivity index is 0.00000280. The van der Waals surface area contributed by atoms with Crippen LogP contribution in [0.3, 0.4) is 0 Å². The molecule has 6 nitrogen and oxygen atoms in total. The van der Waals surface area contributed by atoms with E-state index in [2.05, 4.69) is 0 Å². The number of esters is 1. The summed E-state index contributed by atoms with van der Waals surface area (Å²) in [5.41, 5.74) is 1.66. The zero-order chi connectivity index (χ0) is 19.4. The second-order valence-electron chi connectivity index (χ2n) is 7.73. The van der Waals surface area contributed by atoms with E-state index in [9.17, 15) is 14.7 Å². The molecule has 7 heteroatoms. The topological polar surface area (TPSA) is 72.8 Å². The van der Waals surface area contributed by atoms with Gasteiger partial charge >= 0.3 is 11.9 Å². The quantitative estimate of drug-likeness (QED) is 0.483. The fraction of sp³-hybridized carbons (Fsp3) is 0.619. The maximum absolute atomic E-state index is 12.8. The van der Waals surface area contributed by atoms with Gasteiger partial charge in [-0.2, -0.15) is 0 Å². The lowest BCUT2D eigenvalue weighted by molar-refractivity contribution is -1.09. The summed E-state index contributed by atoms with van der Waals surface area (Å²) in [5.74, 6) is -0.726. The van der Waals surface area contributed by atoms with E-state index in [1.165, 1.54) is 20.0 Å². The molecule has 1 aliphatic carbocycles. The predicted molar refractivity (Wildman–Crippen MR) is 99.4 cm³/mol. The van der Waals surface area contributed by atoms with E-state index >= 15 is 0 Å². The van der Waals surface area contributed by atoms with Gasteiger partial charge in [0.05, 0.1) is 7.11 Å². The Morgan fingerprint density at radius 2 is 1.68 bits per heavy atom. The molecule has 0 spiro atoms. The molecular weight excluding hydrogens is 426 g/mol. The van der Waals surface area contributed by atoms with E-state index in [1.807, 2.05) is 18.2 Å². The van der Waals surface area contributed by atoms with Crippen molar-refractivity contribution in [1.82, 2.24) is 0 Å². The number of aliphatic hydroxyl groups is 1. The van der Waals surface area contributed by atoms with E-state index in [4.69, 9.17) is 9.57 Å². The smallest absolute Gasteiger partial charge is 0.399 e. The summed E-state index contributed by atoms with van der Waals surface area (Å²) in [6.45, 7) is 2.82. The Labute approximate surface area is 177 Å².